The zero-order chi connectivity index (χ0) is 17.2. The zero-order valence-electron chi connectivity index (χ0n) is 14.2. The first-order chi connectivity index (χ1) is 11.5. The van der Waals surface area contributed by atoms with Crippen LogP contribution in [0.25, 0.3) is 0 Å². The number of amides is 1. The van der Waals surface area contributed by atoms with Crippen molar-refractivity contribution in [3.05, 3.63) is 29.8 Å². The monoisotopic (exact) mass is 337 g/mol. The lowest BCUT2D eigenvalue weighted by Gasteiger charge is -2.23. The Balaban J connectivity index is 1.50. The average molecular weight is 337 g/mol. The lowest BCUT2D eigenvalue weighted by Crippen LogP contribution is -2.33. The Morgan fingerprint density at radius 2 is 2.42 bits per heavy atom. The molecule has 0 bridgehead atoms. The molecule has 6 nitrogen and oxygen atoms in total. The molecule has 7 heteroatoms. The molecule has 2 aliphatic heterocycles. The molecule has 1 spiro atoms. The second-order valence-corrected chi connectivity index (χ2v) is 6.85. The van der Waals surface area contributed by atoms with Crippen molar-refractivity contribution in [3.63, 3.8) is 0 Å². The number of carbonyl (C=O) groups excluding carboxylic acids is 1. The van der Waals surface area contributed by atoms with Crippen molar-refractivity contribution in [2.24, 2.45) is 0 Å². The number of rotatable bonds is 5. The van der Waals surface area contributed by atoms with Gasteiger partial charge in [0.2, 0.25) is 5.91 Å². The second-order valence-electron chi connectivity index (χ2n) is 6.85. The van der Waals surface area contributed by atoms with E-state index in [9.17, 15) is 9.18 Å². The average Bonchev–Trinajstić information content (AvgIpc) is 3.14. The topological polar surface area (TPSA) is 54.9 Å². The Kier molecular flexibility index (Phi) is 5.12. The summed E-state index contributed by atoms with van der Waals surface area (Å²) in [5.74, 6) is -0.314. The number of likely N-dealkylation sites (N-methyl/N-ethyl adjacent to an activating group) is 1. The molecular formula is C17H24FN3O3. The summed E-state index contributed by atoms with van der Waals surface area (Å²) in [7, 11) is 3.43. The smallest absolute Gasteiger partial charge is 0.248 e. The van der Waals surface area contributed by atoms with Crippen LogP contribution in [0.15, 0.2) is 18.5 Å². The van der Waals surface area contributed by atoms with Crippen LogP contribution >= 0.6 is 0 Å². The van der Waals surface area contributed by atoms with Gasteiger partial charge in [0.05, 0.1) is 24.5 Å². The van der Waals surface area contributed by atoms with Crippen molar-refractivity contribution in [1.82, 2.24) is 14.8 Å². The number of likely N-dealkylation sites (tertiary alicyclic amines) is 1. The van der Waals surface area contributed by atoms with E-state index in [4.69, 9.17) is 9.47 Å². The van der Waals surface area contributed by atoms with Crippen molar-refractivity contribution in [2.45, 2.75) is 31.1 Å². The summed E-state index contributed by atoms with van der Waals surface area (Å²) in [6.07, 6.45) is 4.50. The highest BCUT2D eigenvalue weighted by Gasteiger charge is 2.46. The Hall–Kier alpha value is -1.57. The van der Waals surface area contributed by atoms with Gasteiger partial charge >= 0.3 is 0 Å². The Morgan fingerprint density at radius 1 is 1.58 bits per heavy atom. The third-order valence-electron chi connectivity index (χ3n) is 4.76. The number of halogens is 1. The molecule has 0 radical (unpaired) electrons. The molecule has 1 aromatic heterocycles. The number of hydrogen-bond acceptors (Lipinski definition) is 5. The van der Waals surface area contributed by atoms with E-state index in [2.05, 4.69) is 9.88 Å². The number of hydrogen-bond donors (Lipinski definition) is 0. The molecule has 132 valence electrons. The van der Waals surface area contributed by atoms with Gasteiger partial charge in [-0.2, -0.15) is 0 Å². The van der Waals surface area contributed by atoms with Gasteiger partial charge in [-0.3, -0.25) is 14.7 Å². The van der Waals surface area contributed by atoms with Crippen LogP contribution in [0.1, 0.15) is 18.4 Å². The summed E-state index contributed by atoms with van der Waals surface area (Å²) >= 11 is 0. The molecule has 2 saturated heterocycles. The lowest BCUT2D eigenvalue weighted by molar-refractivity contribution is -0.135. The highest BCUT2D eigenvalue weighted by Crippen LogP contribution is 2.36. The molecule has 24 heavy (non-hydrogen) atoms. The standard InChI is InChI=1S/C17H24FN3O3/c1-20(2)16(22)11-23-14-7-17(24-10-14)4-6-21(12-17)9-13-3-5-19-8-15(13)18/h3,5,8,14H,4,6-7,9-12H2,1-2H3. The van der Waals surface area contributed by atoms with Crippen LogP contribution in [0.4, 0.5) is 4.39 Å². The van der Waals surface area contributed by atoms with Crippen molar-refractivity contribution >= 4 is 5.91 Å². The van der Waals surface area contributed by atoms with E-state index in [0.29, 0.717) is 18.7 Å². The fraction of sp³-hybridized carbons (Fsp3) is 0.647. The maximum Gasteiger partial charge on any atom is 0.248 e. The van der Waals surface area contributed by atoms with E-state index in [0.717, 1.165) is 25.9 Å². The SMILES string of the molecule is CN(C)C(=O)COC1COC2(CCN(Cc3ccncc3F)C2)C1. The summed E-state index contributed by atoms with van der Waals surface area (Å²) in [4.78, 5) is 19.1. The third-order valence-corrected chi connectivity index (χ3v) is 4.76. The van der Waals surface area contributed by atoms with Gasteiger partial charge in [0.25, 0.3) is 0 Å². The Bertz CT molecular complexity index is 598. The minimum Gasteiger partial charge on any atom is -0.371 e. The number of ether oxygens (including phenoxy) is 2. The molecule has 2 aliphatic rings. The number of carbonyl (C=O) groups is 1. The first-order valence-corrected chi connectivity index (χ1v) is 8.24. The maximum atomic E-state index is 13.7. The van der Waals surface area contributed by atoms with Gasteiger partial charge in [0, 0.05) is 51.9 Å². The van der Waals surface area contributed by atoms with Crippen LogP contribution in [-0.4, -0.2) is 72.8 Å². The maximum absolute atomic E-state index is 13.7. The fourth-order valence-electron chi connectivity index (χ4n) is 3.35. The first kappa shape index (κ1) is 17.3. The molecule has 0 N–H and O–H groups in total. The fourth-order valence-corrected chi connectivity index (χ4v) is 3.35. The molecule has 3 heterocycles. The minimum atomic E-state index is -0.269. The Morgan fingerprint density at radius 3 is 3.17 bits per heavy atom. The van der Waals surface area contributed by atoms with E-state index in [-0.39, 0.29) is 30.0 Å². The van der Waals surface area contributed by atoms with E-state index in [1.807, 2.05) is 0 Å². The van der Waals surface area contributed by atoms with Crippen LogP contribution < -0.4 is 0 Å². The minimum absolute atomic E-state index is 0.0443. The Labute approximate surface area is 141 Å². The molecule has 1 aromatic rings. The van der Waals surface area contributed by atoms with Crippen molar-refractivity contribution < 1.29 is 18.7 Å². The molecule has 3 rings (SSSR count). The van der Waals surface area contributed by atoms with Gasteiger partial charge in [0.15, 0.2) is 0 Å². The third kappa shape index (κ3) is 3.91. The van der Waals surface area contributed by atoms with Crippen LogP contribution in [0.3, 0.4) is 0 Å². The predicted octanol–water partition coefficient (Wildman–Crippen LogP) is 1.06. The van der Waals surface area contributed by atoms with Crippen LogP contribution in [0.5, 0.6) is 0 Å². The second kappa shape index (κ2) is 7.13. The van der Waals surface area contributed by atoms with Gasteiger partial charge in [-0.05, 0) is 12.5 Å². The van der Waals surface area contributed by atoms with Gasteiger partial charge in [-0.15, -0.1) is 0 Å². The quantitative estimate of drug-likeness (QED) is 0.804. The molecule has 0 aliphatic carbocycles. The highest BCUT2D eigenvalue weighted by molar-refractivity contribution is 5.76. The predicted molar refractivity (Wildman–Crippen MR) is 85.8 cm³/mol. The molecule has 2 unspecified atom stereocenters. The summed E-state index contributed by atoms with van der Waals surface area (Å²) in [5.41, 5.74) is 0.430. The summed E-state index contributed by atoms with van der Waals surface area (Å²) in [6.45, 7) is 2.78. The molecule has 1 amide bonds. The van der Waals surface area contributed by atoms with Crippen molar-refractivity contribution in [2.75, 3.05) is 40.4 Å². The highest BCUT2D eigenvalue weighted by atomic mass is 19.1. The van der Waals surface area contributed by atoms with Crippen molar-refractivity contribution in [1.29, 1.82) is 0 Å². The lowest BCUT2D eigenvalue weighted by atomic mass is 9.98. The van der Waals surface area contributed by atoms with Crippen molar-refractivity contribution in [3.8, 4) is 0 Å². The van der Waals surface area contributed by atoms with E-state index in [1.54, 1.807) is 26.4 Å². The van der Waals surface area contributed by atoms with E-state index >= 15 is 0 Å². The molecule has 0 saturated carbocycles. The van der Waals surface area contributed by atoms with E-state index < -0.39 is 0 Å². The summed E-state index contributed by atoms with van der Waals surface area (Å²) in [6, 6.07) is 1.72. The van der Waals surface area contributed by atoms with Gasteiger partial charge < -0.3 is 14.4 Å². The van der Waals surface area contributed by atoms with E-state index in [1.165, 1.54) is 11.1 Å². The number of nitrogens with zero attached hydrogens (tertiary/aromatic N) is 3. The first-order valence-electron chi connectivity index (χ1n) is 8.24. The number of pyridine rings is 1. The van der Waals surface area contributed by atoms with Crippen LogP contribution in [0.2, 0.25) is 0 Å². The molecular weight excluding hydrogens is 313 g/mol. The van der Waals surface area contributed by atoms with Gasteiger partial charge in [0.1, 0.15) is 12.4 Å². The molecule has 2 atom stereocenters. The normalized spacial score (nSPS) is 27.0. The molecule has 0 aromatic carbocycles. The molecule has 2 fully saturated rings. The summed E-state index contributed by atoms with van der Waals surface area (Å²) in [5, 5.41) is 0. The van der Waals surface area contributed by atoms with Gasteiger partial charge in [-0.25, -0.2) is 4.39 Å². The zero-order valence-corrected chi connectivity index (χ0v) is 14.2. The number of aromatic nitrogens is 1. The van der Waals surface area contributed by atoms with Crippen LogP contribution in [0, 0.1) is 5.82 Å². The largest absolute Gasteiger partial charge is 0.371 e. The summed E-state index contributed by atoms with van der Waals surface area (Å²) < 4.78 is 25.4. The van der Waals surface area contributed by atoms with Gasteiger partial charge in [-0.1, -0.05) is 0 Å². The van der Waals surface area contributed by atoms with Crippen LogP contribution in [-0.2, 0) is 20.8 Å².